The van der Waals surface area contributed by atoms with Crippen molar-refractivity contribution in [3.05, 3.63) is 53.1 Å². The summed E-state index contributed by atoms with van der Waals surface area (Å²) in [6.07, 6.45) is 7.65. The highest BCUT2D eigenvalue weighted by Crippen LogP contribution is 2.36. The van der Waals surface area contributed by atoms with Crippen molar-refractivity contribution in [1.29, 1.82) is 0 Å². The Morgan fingerprint density at radius 3 is 2.92 bits per heavy atom. The zero-order chi connectivity index (χ0) is 17.2. The number of aromatic nitrogens is 2. The summed E-state index contributed by atoms with van der Waals surface area (Å²) in [7, 11) is 0. The van der Waals surface area contributed by atoms with Crippen LogP contribution in [-0.4, -0.2) is 15.6 Å². The fourth-order valence-electron chi connectivity index (χ4n) is 4.09. The highest BCUT2D eigenvalue weighted by atomic mass is 16.2. The summed E-state index contributed by atoms with van der Waals surface area (Å²) < 4.78 is 2.22. The Kier molecular flexibility index (Phi) is 4.47. The molecule has 1 aliphatic carbocycles. The lowest BCUT2D eigenvalue weighted by atomic mass is 9.81. The van der Waals surface area contributed by atoms with Crippen LogP contribution in [0.25, 0.3) is 0 Å². The van der Waals surface area contributed by atoms with Gasteiger partial charge < -0.3 is 15.2 Å². The first kappa shape index (κ1) is 16.2. The first-order valence-electron chi connectivity index (χ1n) is 9.39. The number of imidazole rings is 1. The minimum atomic E-state index is -0.111. The van der Waals surface area contributed by atoms with Gasteiger partial charge in [0.05, 0.1) is 18.3 Å². The monoisotopic (exact) mass is 338 g/mol. The van der Waals surface area contributed by atoms with Crippen molar-refractivity contribution in [1.82, 2.24) is 20.2 Å². The number of rotatable bonds is 3. The largest absolute Gasteiger partial charge is 0.335 e. The number of nitrogens with zero attached hydrogens (tertiary/aromatic N) is 2. The third kappa shape index (κ3) is 3.41. The van der Waals surface area contributed by atoms with Gasteiger partial charge in [0.1, 0.15) is 5.82 Å². The SMILES string of the molecule is CC1CCC(NC(=O)NCc2cn3c(n2)CCCC3)c2ccccc21. The molecule has 2 unspecified atom stereocenters. The van der Waals surface area contributed by atoms with E-state index < -0.39 is 0 Å². The van der Waals surface area contributed by atoms with E-state index in [0.29, 0.717) is 12.5 Å². The average Bonchev–Trinajstić information content (AvgIpc) is 3.06. The summed E-state index contributed by atoms with van der Waals surface area (Å²) in [6, 6.07) is 8.45. The van der Waals surface area contributed by atoms with Crippen LogP contribution in [0.1, 0.15) is 67.2 Å². The molecule has 1 aromatic carbocycles. The van der Waals surface area contributed by atoms with Gasteiger partial charge in [-0.25, -0.2) is 9.78 Å². The number of hydrogen-bond acceptors (Lipinski definition) is 2. The molecule has 2 aromatic rings. The summed E-state index contributed by atoms with van der Waals surface area (Å²) in [5, 5.41) is 6.11. The number of hydrogen-bond donors (Lipinski definition) is 2. The minimum Gasteiger partial charge on any atom is -0.335 e. The molecule has 0 bridgehead atoms. The van der Waals surface area contributed by atoms with E-state index in [1.165, 1.54) is 24.0 Å². The summed E-state index contributed by atoms with van der Waals surface area (Å²) in [5.41, 5.74) is 3.57. The second-order valence-corrected chi connectivity index (χ2v) is 7.29. The van der Waals surface area contributed by atoms with Crippen molar-refractivity contribution in [2.45, 2.75) is 64.1 Å². The Morgan fingerprint density at radius 2 is 2.08 bits per heavy atom. The summed E-state index contributed by atoms with van der Waals surface area (Å²) >= 11 is 0. The summed E-state index contributed by atoms with van der Waals surface area (Å²) in [5.74, 6) is 1.72. The fourth-order valence-corrected chi connectivity index (χ4v) is 4.09. The molecule has 25 heavy (non-hydrogen) atoms. The zero-order valence-electron chi connectivity index (χ0n) is 14.8. The van der Waals surface area contributed by atoms with Crippen molar-refractivity contribution >= 4 is 6.03 Å². The molecule has 2 N–H and O–H groups in total. The second kappa shape index (κ2) is 6.90. The average molecular weight is 338 g/mol. The molecule has 0 radical (unpaired) electrons. The van der Waals surface area contributed by atoms with Crippen LogP contribution < -0.4 is 10.6 Å². The van der Waals surface area contributed by atoms with Gasteiger partial charge in [-0.2, -0.15) is 0 Å². The number of carbonyl (C=O) groups excluding carboxylic acids is 1. The van der Waals surface area contributed by atoms with Crippen LogP contribution >= 0.6 is 0 Å². The second-order valence-electron chi connectivity index (χ2n) is 7.29. The molecule has 0 fully saturated rings. The topological polar surface area (TPSA) is 59.0 Å². The Bertz CT molecular complexity index is 743. The molecular formula is C20H26N4O. The lowest BCUT2D eigenvalue weighted by Gasteiger charge is -2.30. The summed E-state index contributed by atoms with van der Waals surface area (Å²) in [4.78, 5) is 17.0. The lowest BCUT2D eigenvalue weighted by molar-refractivity contribution is 0.234. The van der Waals surface area contributed by atoms with Crippen molar-refractivity contribution in [2.24, 2.45) is 0 Å². The molecule has 2 amide bonds. The number of aryl methyl sites for hydroxylation is 2. The lowest BCUT2D eigenvalue weighted by Crippen LogP contribution is -2.39. The third-order valence-corrected chi connectivity index (χ3v) is 5.48. The van der Waals surface area contributed by atoms with Gasteiger partial charge in [-0.3, -0.25) is 0 Å². The highest BCUT2D eigenvalue weighted by molar-refractivity contribution is 5.74. The minimum absolute atomic E-state index is 0.0996. The predicted molar refractivity (Wildman–Crippen MR) is 97.4 cm³/mol. The zero-order valence-corrected chi connectivity index (χ0v) is 14.8. The van der Waals surface area contributed by atoms with Gasteiger partial charge in [0.2, 0.25) is 0 Å². The molecule has 2 aliphatic rings. The summed E-state index contributed by atoms with van der Waals surface area (Å²) in [6.45, 7) is 3.79. The number of carbonyl (C=O) groups is 1. The van der Waals surface area contributed by atoms with E-state index >= 15 is 0 Å². The van der Waals surface area contributed by atoms with E-state index in [4.69, 9.17) is 0 Å². The van der Waals surface area contributed by atoms with Gasteiger partial charge in [0.25, 0.3) is 0 Å². The van der Waals surface area contributed by atoms with Crippen LogP contribution in [0.5, 0.6) is 0 Å². The van der Waals surface area contributed by atoms with Crippen molar-refractivity contribution in [3.63, 3.8) is 0 Å². The third-order valence-electron chi connectivity index (χ3n) is 5.48. The van der Waals surface area contributed by atoms with Crippen LogP contribution in [-0.2, 0) is 19.5 Å². The number of fused-ring (bicyclic) bond motifs is 2. The molecule has 2 heterocycles. The van der Waals surface area contributed by atoms with Gasteiger partial charge >= 0.3 is 6.03 Å². The van der Waals surface area contributed by atoms with E-state index in [-0.39, 0.29) is 12.1 Å². The molecule has 0 saturated carbocycles. The van der Waals surface area contributed by atoms with Crippen molar-refractivity contribution in [2.75, 3.05) is 0 Å². The molecule has 4 rings (SSSR count). The van der Waals surface area contributed by atoms with E-state index in [9.17, 15) is 4.79 Å². The van der Waals surface area contributed by atoms with E-state index in [1.54, 1.807) is 0 Å². The molecule has 1 aliphatic heterocycles. The van der Waals surface area contributed by atoms with Crippen LogP contribution in [0.4, 0.5) is 4.79 Å². The first-order valence-corrected chi connectivity index (χ1v) is 9.39. The number of amides is 2. The van der Waals surface area contributed by atoms with Crippen molar-refractivity contribution in [3.8, 4) is 0 Å². The molecule has 132 valence electrons. The van der Waals surface area contributed by atoms with Crippen molar-refractivity contribution < 1.29 is 4.79 Å². The van der Waals surface area contributed by atoms with Crippen LogP contribution in [0.2, 0.25) is 0 Å². The normalized spacial score (nSPS) is 22.0. The van der Waals surface area contributed by atoms with Crippen LogP contribution in [0.3, 0.4) is 0 Å². The Morgan fingerprint density at radius 1 is 1.24 bits per heavy atom. The number of urea groups is 1. The standard InChI is InChI=1S/C20H26N4O/c1-14-9-10-18(17-7-3-2-6-16(14)17)23-20(25)21-12-15-13-24-11-5-4-8-19(24)22-15/h2-3,6-7,13-14,18H,4-5,8-12H2,1H3,(H2,21,23,25). The Labute approximate surface area is 148 Å². The van der Waals surface area contributed by atoms with Gasteiger partial charge in [-0.05, 0) is 42.7 Å². The maximum Gasteiger partial charge on any atom is 0.315 e. The fraction of sp³-hybridized carbons (Fsp3) is 0.500. The Balaban J connectivity index is 1.36. The molecular weight excluding hydrogens is 312 g/mol. The molecule has 5 heteroatoms. The van der Waals surface area contributed by atoms with Gasteiger partial charge in [0.15, 0.2) is 0 Å². The quantitative estimate of drug-likeness (QED) is 0.897. The van der Waals surface area contributed by atoms with E-state index in [2.05, 4.69) is 57.6 Å². The number of benzene rings is 1. The smallest absolute Gasteiger partial charge is 0.315 e. The number of nitrogens with one attached hydrogen (secondary N) is 2. The molecule has 1 aromatic heterocycles. The molecule has 0 spiro atoms. The first-order chi connectivity index (χ1) is 12.2. The van der Waals surface area contributed by atoms with Crippen LogP contribution in [0, 0.1) is 0 Å². The molecule has 0 saturated heterocycles. The van der Waals surface area contributed by atoms with Crippen LogP contribution in [0.15, 0.2) is 30.5 Å². The van der Waals surface area contributed by atoms with Gasteiger partial charge in [0, 0.05) is 19.2 Å². The maximum absolute atomic E-state index is 12.4. The van der Waals surface area contributed by atoms with Gasteiger partial charge in [-0.15, -0.1) is 0 Å². The van der Waals surface area contributed by atoms with E-state index in [0.717, 1.165) is 37.3 Å². The highest BCUT2D eigenvalue weighted by Gasteiger charge is 2.25. The predicted octanol–water partition coefficient (Wildman–Crippen LogP) is 3.66. The maximum atomic E-state index is 12.4. The van der Waals surface area contributed by atoms with E-state index in [1.807, 2.05) is 0 Å². The van der Waals surface area contributed by atoms with Gasteiger partial charge in [-0.1, -0.05) is 31.2 Å². The molecule has 5 nitrogen and oxygen atoms in total. The Hall–Kier alpha value is -2.30. The molecule has 2 atom stereocenters.